The minimum Gasteiger partial charge on any atom is -0.393 e. The van der Waals surface area contributed by atoms with Crippen molar-refractivity contribution in [3.63, 3.8) is 0 Å². The number of hydrogen-bond donors (Lipinski definition) is 1. The normalized spacial score (nSPS) is 11.3. The smallest absolute Gasteiger partial charge is 0.126 e. The van der Waals surface area contributed by atoms with Crippen LogP contribution in [0.15, 0.2) is 18.2 Å². The third-order valence-electron chi connectivity index (χ3n) is 2.63. The fourth-order valence-corrected chi connectivity index (χ4v) is 2.07. The van der Waals surface area contributed by atoms with Crippen molar-refractivity contribution >= 4 is 17.2 Å². The summed E-state index contributed by atoms with van der Waals surface area (Å²) in [6.45, 7) is 6.22. The average Bonchev–Trinajstić information content (AvgIpc) is 2.23. The molecule has 0 saturated carbocycles. The molecule has 2 nitrogen and oxygen atoms in total. The summed E-state index contributed by atoms with van der Waals surface area (Å²) in [4.78, 5) is 2.57. The Morgan fingerprint density at radius 1 is 1.26 bits per heavy atom. The standard InChI is InChI=1S/C14H20F2N2S/c1-10(2)8-18(4-3-14(17)19)9-11-5-12(15)7-13(16)6-11/h5-7,10H,3-4,8-9H2,1-2H3,(H2,17,19). The molecule has 0 unspecified atom stereocenters. The fraction of sp³-hybridized carbons (Fsp3) is 0.500. The predicted octanol–water partition coefficient (Wildman–Crippen LogP) is 3.10. The van der Waals surface area contributed by atoms with Gasteiger partial charge in [0.25, 0.3) is 0 Å². The molecule has 1 aromatic carbocycles. The first kappa shape index (κ1) is 16.0. The Balaban J connectivity index is 2.71. The molecule has 0 aliphatic rings. The number of thiocarbonyl (C=S) groups is 1. The molecule has 1 aromatic rings. The van der Waals surface area contributed by atoms with E-state index in [0.717, 1.165) is 12.6 Å². The van der Waals surface area contributed by atoms with Crippen molar-refractivity contribution in [1.29, 1.82) is 0 Å². The second kappa shape index (κ2) is 7.50. The Hall–Kier alpha value is -1.07. The highest BCUT2D eigenvalue weighted by Gasteiger charge is 2.10. The van der Waals surface area contributed by atoms with E-state index < -0.39 is 11.6 Å². The van der Waals surface area contributed by atoms with E-state index >= 15 is 0 Å². The lowest BCUT2D eigenvalue weighted by molar-refractivity contribution is 0.242. The SMILES string of the molecule is CC(C)CN(CCC(N)=S)Cc1cc(F)cc(F)c1. The van der Waals surface area contributed by atoms with Crippen LogP contribution < -0.4 is 5.73 Å². The van der Waals surface area contributed by atoms with Gasteiger partial charge in [-0.25, -0.2) is 8.78 Å². The Kier molecular flexibility index (Phi) is 6.31. The van der Waals surface area contributed by atoms with Gasteiger partial charge in [0.2, 0.25) is 0 Å². The lowest BCUT2D eigenvalue weighted by Gasteiger charge is -2.24. The van der Waals surface area contributed by atoms with Gasteiger partial charge < -0.3 is 5.73 Å². The molecule has 2 N–H and O–H groups in total. The minimum atomic E-state index is -0.547. The number of benzene rings is 1. The average molecular weight is 286 g/mol. The van der Waals surface area contributed by atoms with Crippen LogP contribution in [0, 0.1) is 17.6 Å². The number of hydrogen-bond acceptors (Lipinski definition) is 2. The van der Waals surface area contributed by atoms with Crippen LogP contribution in [-0.4, -0.2) is 23.0 Å². The number of nitrogens with two attached hydrogens (primary N) is 1. The van der Waals surface area contributed by atoms with Crippen LogP contribution in [0.5, 0.6) is 0 Å². The van der Waals surface area contributed by atoms with Gasteiger partial charge in [-0.05, 0) is 23.6 Å². The van der Waals surface area contributed by atoms with Crippen molar-refractivity contribution in [3.05, 3.63) is 35.4 Å². The van der Waals surface area contributed by atoms with Gasteiger partial charge in [-0.1, -0.05) is 26.1 Å². The number of halogens is 2. The Bertz CT molecular complexity index is 415. The van der Waals surface area contributed by atoms with E-state index in [1.54, 1.807) is 0 Å². The highest BCUT2D eigenvalue weighted by atomic mass is 32.1. The number of nitrogens with zero attached hydrogens (tertiary/aromatic N) is 1. The fourth-order valence-electron chi connectivity index (χ4n) is 1.98. The van der Waals surface area contributed by atoms with Gasteiger partial charge in [-0.2, -0.15) is 0 Å². The van der Waals surface area contributed by atoms with Crippen molar-refractivity contribution in [1.82, 2.24) is 4.90 Å². The zero-order valence-electron chi connectivity index (χ0n) is 11.3. The summed E-state index contributed by atoms with van der Waals surface area (Å²) >= 11 is 4.86. The van der Waals surface area contributed by atoms with Crippen LogP contribution in [0.25, 0.3) is 0 Å². The highest BCUT2D eigenvalue weighted by Crippen LogP contribution is 2.12. The van der Waals surface area contributed by atoms with E-state index in [9.17, 15) is 8.78 Å². The van der Waals surface area contributed by atoms with E-state index in [1.165, 1.54) is 12.1 Å². The van der Waals surface area contributed by atoms with E-state index in [2.05, 4.69) is 18.7 Å². The molecule has 0 aromatic heterocycles. The van der Waals surface area contributed by atoms with Gasteiger partial charge in [0, 0.05) is 32.1 Å². The molecule has 0 radical (unpaired) electrons. The first-order valence-electron chi connectivity index (χ1n) is 6.32. The van der Waals surface area contributed by atoms with Crippen molar-refractivity contribution in [3.8, 4) is 0 Å². The van der Waals surface area contributed by atoms with Crippen LogP contribution >= 0.6 is 12.2 Å². The summed E-state index contributed by atoms with van der Waals surface area (Å²) in [5.74, 6) is -0.632. The summed E-state index contributed by atoms with van der Waals surface area (Å²) in [6.07, 6.45) is 0.611. The molecule has 106 valence electrons. The molecule has 19 heavy (non-hydrogen) atoms. The molecule has 0 saturated heterocycles. The Morgan fingerprint density at radius 2 is 1.84 bits per heavy atom. The predicted molar refractivity (Wildman–Crippen MR) is 77.9 cm³/mol. The highest BCUT2D eigenvalue weighted by molar-refractivity contribution is 7.80. The quantitative estimate of drug-likeness (QED) is 0.781. The third-order valence-corrected chi connectivity index (χ3v) is 2.83. The van der Waals surface area contributed by atoms with E-state index in [0.29, 0.717) is 36.0 Å². The molecule has 1 rings (SSSR count). The van der Waals surface area contributed by atoms with Gasteiger partial charge >= 0.3 is 0 Å². The molecule has 0 bridgehead atoms. The largest absolute Gasteiger partial charge is 0.393 e. The third kappa shape index (κ3) is 6.59. The van der Waals surface area contributed by atoms with E-state index in [4.69, 9.17) is 18.0 Å². The van der Waals surface area contributed by atoms with Gasteiger partial charge in [0.1, 0.15) is 11.6 Å². The molecule has 0 spiro atoms. The molecule has 0 aliphatic heterocycles. The molecule has 0 fully saturated rings. The topological polar surface area (TPSA) is 29.3 Å². The maximum absolute atomic E-state index is 13.2. The minimum absolute atomic E-state index is 0.458. The van der Waals surface area contributed by atoms with E-state index in [1.807, 2.05) is 0 Å². The van der Waals surface area contributed by atoms with Crippen molar-refractivity contribution in [2.24, 2.45) is 11.7 Å². The molecular formula is C14H20F2N2S. The van der Waals surface area contributed by atoms with Crippen LogP contribution in [0.1, 0.15) is 25.8 Å². The van der Waals surface area contributed by atoms with Gasteiger partial charge in [0.15, 0.2) is 0 Å². The lowest BCUT2D eigenvalue weighted by atomic mass is 10.1. The molecule has 0 aliphatic carbocycles. The van der Waals surface area contributed by atoms with Crippen molar-refractivity contribution < 1.29 is 8.78 Å². The van der Waals surface area contributed by atoms with Crippen molar-refractivity contribution in [2.75, 3.05) is 13.1 Å². The first-order chi connectivity index (χ1) is 8.86. The zero-order chi connectivity index (χ0) is 14.4. The Morgan fingerprint density at radius 3 is 2.32 bits per heavy atom. The monoisotopic (exact) mass is 286 g/mol. The first-order valence-corrected chi connectivity index (χ1v) is 6.73. The summed E-state index contributed by atoms with van der Waals surface area (Å²) in [5, 5.41) is 0. The van der Waals surface area contributed by atoms with Crippen LogP contribution in [-0.2, 0) is 6.54 Å². The Labute approximate surface area is 118 Å². The summed E-state index contributed by atoms with van der Waals surface area (Å²) < 4.78 is 26.3. The zero-order valence-corrected chi connectivity index (χ0v) is 12.1. The van der Waals surface area contributed by atoms with E-state index in [-0.39, 0.29) is 0 Å². The molecule has 0 amide bonds. The van der Waals surface area contributed by atoms with Crippen LogP contribution in [0.4, 0.5) is 8.78 Å². The molecule has 0 atom stereocenters. The maximum atomic E-state index is 13.2. The molecular weight excluding hydrogens is 266 g/mol. The molecule has 5 heteroatoms. The van der Waals surface area contributed by atoms with Gasteiger partial charge in [0.05, 0.1) is 4.99 Å². The van der Waals surface area contributed by atoms with Crippen molar-refractivity contribution in [2.45, 2.75) is 26.8 Å². The summed E-state index contributed by atoms with van der Waals surface area (Å²) in [5.41, 5.74) is 6.12. The number of rotatable bonds is 7. The summed E-state index contributed by atoms with van der Waals surface area (Å²) in [7, 11) is 0. The maximum Gasteiger partial charge on any atom is 0.126 e. The second-order valence-corrected chi connectivity index (χ2v) is 5.65. The van der Waals surface area contributed by atoms with Crippen LogP contribution in [0.2, 0.25) is 0 Å². The second-order valence-electron chi connectivity index (χ2n) is 5.12. The summed E-state index contributed by atoms with van der Waals surface area (Å²) in [6, 6.07) is 3.60. The van der Waals surface area contributed by atoms with Gasteiger partial charge in [-0.3, -0.25) is 4.90 Å². The van der Waals surface area contributed by atoms with Crippen LogP contribution in [0.3, 0.4) is 0 Å². The lowest BCUT2D eigenvalue weighted by Crippen LogP contribution is -2.30. The molecule has 0 heterocycles. The van der Waals surface area contributed by atoms with Gasteiger partial charge in [-0.15, -0.1) is 0 Å².